The molecule has 1 aromatic carbocycles. The van der Waals surface area contributed by atoms with Crippen LogP contribution in [0.3, 0.4) is 0 Å². The smallest absolute Gasteiger partial charge is 0.292 e. The molecule has 15 heavy (non-hydrogen) atoms. The summed E-state index contributed by atoms with van der Waals surface area (Å²) in [5.74, 6) is -1.26. The molecule has 1 aromatic heterocycles. The number of nitrogen functional groups attached to an aromatic ring is 1. The SMILES string of the molecule is Nc1ncc(-c2ccc(F)c(Br)c2F)o1. The molecule has 0 aliphatic rings. The zero-order valence-electron chi connectivity index (χ0n) is 7.30. The third-order valence-electron chi connectivity index (χ3n) is 1.82. The van der Waals surface area contributed by atoms with Crippen molar-refractivity contribution in [3.8, 4) is 11.3 Å². The van der Waals surface area contributed by atoms with Crippen molar-refractivity contribution in [3.63, 3.8) is 0 Å². The van der Waals surface area contributed by atoms with Crippen LogP contribution in [0.2, 0.25) is 0 Å². The van der Waals surface area contributed by atoms with E-state index in [0.29, 0.717) is 0 Å². The van der Waals surface area contributed by atoms with Gasteiger partial charge in [0.1, 0.15) is 5.82 Å². The Morgan fingerprint density at radius 1 is 1.33 bits per heavy atom. The number of rotatable bonds is 1. The van der Waals surface area contributed by atoms with Crippen molar-refractivity contribution in [3.05, 3.63) is 34.4 Å². The number of oxazole rings is 1. The van der Waals surface area contributed by atoms with Crippen molar-refractivity contribution in [2.75, 3.05) is 5.73 Å². The second kappa shape index (κ2) is 3.62. The first-order chi connectivity index (χ1) is 7.09. The number of halogens is 3. The molecule has 0 spiro atoms. The lowest BCUT2D eigenvalue weighted by molar-refractivity contribution is 0.559. The van der Waals surface area contributed by atoms with E-state index < -0.39 is 11.6 Å². The van der Waals surface area contributed by atoms with Crippen LogP contribution in [0.1, 0.15) is 0 Å². The number of hydrogen-bond donors (Lipinski definition) is 1. The molecule has 0 aliphatic heterocycles. The zero-order valence-corrected chi connectivity index (χ0v) is 8.88. The fourth-order valence-electron chi connectivity index (χ4n) is 1.13. The molecule has 0 fully saturated rings. The predicted molar refractivity (Wildman–Crippen MR) is 54.0 cm³/mol. The first-order valence-corrected chi connectivity index (χ1v) is 4.74. The van der Waals surface area contributed by atoms with Crippen LogP contribution in [0.4, 0.5) is 14.8 Å². The number of hydrogen-bond acceptors (Lipinski definition) is 3. The van der Waals surface area contributed by atoms with Crippen LogP contribution in [0.15, 0.2) is 27.2 Å². The normalized spacial score (nSPS) is 10.6. The van der Waals surface area contributed by atoms with Gasteiger partial charge in [0.05, 0.1) is 16.2 Å². The molecule has 0 unspecified atom stereocenters. The highest BCUT2D eigenvalue weighted by Crippen LogP contribution is 2.30. The van der Waals surface area contributed by atoms with Crippen LogP contribution in [-0.2, 0) is 0 Å². The van der Waals surface area contributed by atoms with E-state index in [0.717, 1.165) is 6.07 Å². The van der Waals surface area contributed by atoms with Crippen LogP contribution in [0.5, 0.6) is 0 Å². The maximum Gasteiger partial charge on any atom is 0.292 e. The topological polar surface area (TPSA) is 52.0 Å². The number of anilines is 1. The Bertz CT molecular complexity index is 513. The van der Waals surface area contributed by atoms with Crippen LogP contribution in [0.25, 0.3) is 11.3 Å². The van der Waals surface area contributed by atoms with Gasteiger partial charge in [-0.05, 0) is 28.1 Å². The quantitative estimate of drug-likeness (QED) is 0.814. The Hall–Kier alpha value is -1.43. The van der Waals surface area contributed by atoms with Gasteiger partial charge in [0.2, 0.25) is 0 Å². The molecule has 6 heteroatoms. The fraction of sp³-hybridized carbons (Fsp3) is 0. The average Bonchev–Trinajstić information content (AvgIpc) is 2.61. The molecule has 0 saturated carbocycles. The van der Waals surface area contributed by atoms with Gasteiger partial charge < -0.3 is 10.2 Å². The molecule has 2 aromatic rings. The molecule has 78 valence electrons. The van der Waals surface area contributed by atoms with Crippen LogP contribution in [0, 0.1) is 11.6 Å². The molecule has 2 rings (SSSR count). The lowest BCUT2D eigenvalue weighted by Crippen LogP contribution is -1.88. The van der Waals surface area contributed by atoms with Crippen LogP contribution < -0.4 is 5.73 Å². The highest BCUT2D eigenvalue weighted by atomic mass is 79.9. The monoisotopic (exact) mass is 274 g/mol. The number of nitrogens with zero attached hydrogens (tertiary/aromatic N) is 1. The molecule has 2 N–H and O–H groups in total. The molecule has 0 saturated heterocycles. The minimum absolute atomic E-state index is 0.0650. The van der Waals surface area contributed by atoms with Gasteiger partial charge in [-0.25, -0.2) is 13.8 Å². The van der Waals surface area contributed by atoms with E-state index in [2.05, 4.69) is 20.9 Å². The molecule has 0 aliphatic carbocycles. The summed E-state index contributed by atoms with van der Waals surface area (Å²) in [7, 11) is 0. The summed E-state index contributed by atoms with van der Waals surface area (Å²) in [6.07, 6.45) is 1.28. The third kappa shape index (κ3) is 1.72. The van der Waals surface area contributed by atoms with E-state index in [4.69, 9.17) is 10.2 Å². The van der Waals surface area contributed by atoms with Gasteiger partial charge in [-0.15, -0.1) is 0 Å². The second-order valence-electron chi connectivity index (χ2n) is 2.79. The highest BCUT2D eigenvalue weighted by molar-refractivity contribution is 9.10. The molecule has 0 atom stereocenters. The lowest BCUT2D eigenvalue weighted by atomic mass is 10.2. The number of benzene rings is 1. The van der Waals surface area contributed by atoms with E-state index in [1.807, 2.05) is 0 Å². The minimum Gasteiger partial charge on any atom is -0.424 e. The average molecular weight is 275 g/mol. The van der Waals surface area contributed by atoms with Crippen molar-refractivity contribution < 1.29 is 13.2 Å². The van der Waals surface area contributed by atoms with Crippen molar-refractivity contribution in [2.45, 2.75) is 0 Å². The van der Waals surface area contributed by atoms with E-state index in [1.165, 1.54) is 12.3 Å². The standard InChI is InChI=1S/C9H5BrF2N2O/c10-7-5(11)2-1-4(8(7)12)6-3-14-9(13)15-6/h1-3H,(H2,13,14). The van der Waals surface area contributed by atoms with Crippen molar-refractivity contribution >= 4 is 21.9 Å². The van der Waals surface area contributed by atoms with E-state index in [9.17, 15) is 8.78 Å². The van der Waals surface area contributed by atoms with Crippen LogP contribution >= 0.6 is 15.9 Å². The van der Waals surface area contributed by atoms with E-state index in [-0.39, 0.29) is 21.8 Å². The largest absolute Gasteiger partial charge is 0.424 e. The maximum absolute atomic E-state index is 13.5. The lowest BCUT2D eigenvalue weighted by Gasteiger charge is -2.01. The summed E-state index contributed by atoms with van der Waals surface area (Å²) < 4.78 is 31.2. The maximum atomic E-state index is 13.5. The molecule has 0 bridgehead atoms. The fourth-order valence-corrected chi connectivity index (χ4v) is 1.47. The molecule has 1 heterocycles. The molecular weight excluding hydrogens is 270 g/mol. The summed E-state index contributed by atoms with van der Waals surface area (Å²) in [5, 5.41) is 0. The molecule has 0 radical (unpaired) electrons. The van der Waals surface area contributed by atoms with Gasteiger partial charge in [0, 0.05) is 0 Å². The van der Waals surface area contributed by atoms with Gasteiger partial charge in [-0.3, -0.25) is 0 Å². The van der Waals surface area contributed by atoms with Gasteiger partial charge >= 0.3 is 0 Å². The Labute approximate surface area is 92.0 Å². The second-order valence-corrected chi connectivity index (χ2v) is 3.58. The molecule has 0 amide bonds. The zero-order chi connectivity index (χ0) is 11.0. The third-order valence-corrected chi connectivity index (χ3v) is 2.55. The van der Waals surface area contributed by atoms with Gasteiger partial charge in [0.15, 0.2) is 11.6 Å². The highest BCUT2D eigenvalue weighted by Gasteiger charge is 2.15. The molecule has 3 nitrogen and oxygen atoms in total. The number of aromatic nitrogens is 1. The van der Waals surface area contributed by atoms with Crippen molar-refractivity contribution in [1.82, 2.24) is 4.98 Å². The predicted octanol–water partition coefficient (Wildman–Crippen LogP) is 2.96. The summed E-state index contributed by atoms with van der Waals surface area (Å²) in [4.78, 5) is 3.62. The number of nitrogens with two attached hydrogens (primary N) is 1. The summed E-state index contributed by atoms with van der Waals surface area (Å²) >= 11 is 2.79. The van der Waals surface area contributed by atoms with E-state index in [1.54, 1.807) is 0 Å². The van der Waals surface area contributed by atoms with E-state index >= 15 is 0 Å². The summed E-state index contributed by atoms with van der Waals surface area (Å²) in [5.41, 5.74) is 5.35. The Kier molecular flexibility index (Phi) is 2.44. The van der Waals surface area contributed by atoms with Gasteiger partial charge in [-0.2, -0.15) is 0 Å². The van der Waals surface area contributed by atoms with Gasteiger partial charge in [-0.1, -0.05) is 0 Å². The Morgan fingerprint density at radius 3 is 2.67 bits per heavy atom. The van der Waals surface area contributed by atoms with Crippen molar-refractivity contribution in [1.29, 1.82) is 0 Å². The van der Waals surface area contributed by atoms with Crippen molar-refractivity contribution in [2.24, 2.45) is 0 Å². The summed E-state index contributed by atoms with van der Waals surface area (Å²) in [6.45, 7) is 0. The first kappa shape index (κ1) is 10.1. The summed E-state index contributed by atoms with van der Waals surface area (Å²) in [6, 6.07) is 2.32. The van der Waals surface area contributed by atoms with Gasteiger partial charge in [0.25, 0.3) is 6.01 Å². The Balaban J connectivity index is 2.59. The molecular formula is C9H5BrF2N2O. The first-order valence-electron chi connectivity index (χ1n) is 3.95. The van der Waals surface area contributed by atoms with Crippen LogP contribution in [-0.4, -0.2) is 4.98 Å². The minimum atomic E-state index is -0.744. The Morgan fingerprint density at radius 2 is 2.07 bits per heavy atom.